The lowest BCUT2D eigenvalue weighted by atomic mass is 9.88. The van der Waals surface area contributed by atoms with Gasteiger partial charge in [0.15, 0.2) is 11.5 Å². The molecule has 1 aromatic carbocycles. The van der Waals surface area contributed by atoms with Crippen LogP contribution in [0, 0.1) is 17.8 Å². The number of hydrogen-bond acceptors (Lipinski definition) is 11. The number of carbonyl (C=O) groups is 4. The molecule has 16 heteroatoms. The van der Waals surface area contributed by atoms with E-state index in [9.17, 15) is 27.6 Å². The molecule has 2 aliphatic carbocycles. The van der Waals surface area contributed by atoms with E-state index < -0.39 is 74.3 Å². The maximum atomic E-state index is 14.8. The van der Waals surface area contributed by atoms with Crippen LogP contribution in [0.1, 0.15) is 79.6 Å². The van der Waals surface area contributed by atoms with Crippen molar-refractivity contribution in [1.82, 2.24) is 25.2 Å². The molecule has 0 radical (unpaired) electrons. The van der Waals surface area contributed by atoms with Crippen LogP contribution in [0.15, 0.2) is 36.5 Å². The average molecular weight is 782 g/mol. The molecule has 3 fully saturated rings. The number of pyridine rings is 1. The van der Waals surface area contributed by atoms with Crippen molar-refractivity contribution in [3.63, 3.8) is 0 Å². The second kappa shape index (κ2) is 14.8. The fraction of sp³-hybridized carbons (Fsp3) is 0.615. The summed E-state index contributed by atoms with van der Waals surface area (Å²) < 4.78 is 51.7. The molecule has 298 valence electrons. The molecule has 4 heterocycles. The molecule has 3 N–H and O–H groups in total. The Morgan fingerprint density at radius 1 is 1.04 bits per heavy atom. The Morgan fingerprint density at radius 3 is 2.55 bits per heavy atom. The van der Waals surface area contributed by atoms with Gasteiger partial charge >= 0.3 is 6.09 Å². The van der Waals surface area contributed by atoms with E-state index in [0.717, 1.165) is 11.8 Å². The summed E-state index contributed by atoms with van der Waals surface area (Å²) in [6, 6.07) is 3.21. The van der Waals surface area contributed by atoms with Gasteiger partial charge in [0.2, 0.25) is 27.7 Å². The summed E-state index contributed by atoms with van der Waals surface area (Å²) in [6.45, 7) is 9.95. The van der Waals surface area contributed by atoms with Gasteiger partial charge in [0.25, 0.3) is 5.91 Å². The number of alkyl carbamates (subject to hydrolysis) is 1. The normalized spacial score (nSPS) is 30.5. The maximum Gasteiger partial charge on any atom is 0.408 e. The number of allylic oxidation sites excluding steroid dienone is 1. The topological polar surface area (TPSA) is 192 Å². The molecular weight excluding hydrogens is 731 g/mol. The van der Waals surface area contributed by atoms with Crippen LogP contribution < -0.4 is 29.6 Å². The molecule has 5 aliphatic rings. The lowest BCUT2D eigenvalue weighted by Crippen LogP contribution is -2.59. The number of benzene rings is 1. The number of nitrogens with zero attached hydrogens (tertiary/aromatic N) is 2. The van der Waals surface area contributed by atoms with Crippen LogP contribution in [0.3, 0.4) is 0 Å². The Morgan fingerprint density at radius 2 is 1.80 bits per heavy atom. The quantitative estimate of drug-likeness (QED) is 0.362. The van der Waals surface area contributed by atoms with Gasteiger partial charge in [-0.05, 0) is 89.3 Å². The summed E-state index contributed by atoms with van der Waals surface area (Å²) in [5.74, 6) is -1.12. The molecular formula is C39H51N5O10S. The molecule has 7 atom stereocenters. The average Bonchev–Trinajstić information content (AvgIpc) is 4.05. The summed E-state index contributed by atoms with van der Waals surface area (Å²) >= 11 is 0. The van der Waals surface area contributed by atoms with E-state index in [1.54, 1.807) is 39.1 Å². The van der Waals surface area contributed by atoms with Crippen molar-refractivity contribution in [2.45, 2.75) is 114 Å². The first-order valence-corrected chi connectivity index (χ1v) is 20.8. The molecule has 2 aromatic rings. The molecule has 15 nitrogen and oxygen atoms in total. The van der Waals surface area contributed by atoms with E-state index in [1.807, 2.05) is 25.1 Å². The number of carbonyl (C=O) groups excluding carboxylic acids is 4. The molecule has 55 heavy (non-hydrogen) atoms. The molecule has 1 saturated heterocycles. The van der Waals surface area contributed by atoms with Gasteiger partial charge in [-0.1, -0.05) is 26.0 Å². The SMILES string of the molecule is C[C@H]1CC/C=C\[C@@H]2C[C@@]2(C(=O)NS(=O)(=O)C2CC2)NC(=O)[C@@H]2C[C@@H](Oc3nccc4c5c(ccc34)OCCO5)CN2C(=O)[C@@H](NC(=O)OC(C)(C)C)[C@H](C)C1. The molecule has 3 aliphatic heterocycles. The van der Waals surface area contributed by atoms with E-state index in [-0.39, 0.29) is 37.1 Å². The van der Waals surface area contributed by atoms with Crippen molar-refractivity contribution in [2.24, 2.45) is 17.8 Å². The van der Waals surface area contributed by atoms with Crippen LogP contribution in [0.4, 0.5) is 4.79 Å². The number of nitrogens with one attached hydrogen (secondary N) is 3. The van der Waals surface area contributed by atoms with Gasteiger partial charge < -0.3 is 34.5 Å². The monoisotopic (exact) mass is 781 g/mol. The minimum Gasteiger partial charge on any atom is -0.486 e. The highest BCUT2D eigenvalue weighted by Gasteiger charge is 2.62. The smallest absolute Gasteiger partial charge is 0.408 e. The standard InChI is InChI=1S/C39H51N5O10S/c1-22-8-6-7-9-24-20-39(24,36(47)43-55(49,50)26-10-11-26)42-33(45)29-19-25(21-44(29)35(46)31(23(2)18-22)41-37(48)54-38(3,4)5)53-34-28-12-13-30-32(52-17-16-51-30)27(28)14-15-40-34/h7,9,12-15,22-26,29,31H,6,8,10-11,16-21H2,1-5H3,(H,41,48)(H,42,45)(H,43,47)/b9-7-/t22-,23+,24+,25+,29-,31-,39+/m0/s1. The Balaban J connectivity index is 1.22. The number of sulfonamides is 1. The molecule has 0 unspecified atom stereocenters. The number of amides is 4. The molecule has 7 rings (SSSR count). The highest BCUT2D eigenvalue weighted by molar-refractivity contribution is 7.91. The molecule has 4 amide bonds. The fourth-order valence-electron chi connectivity index (χ4n) is 7.92. The van der Waals surface area contributed by atoms with Crippen molar-refractivity contribution in [1.29, 1.82) is 0 Å². The highest BCUT2D eigenvalue weighted by Crippen LogP contribution is 2.46. The van der Waals surface area contributed by atoms with Crippen molar-refractivity contribution in [3.8, 4) is 17.4 Å². The van der Waals surface area contributed by atoms with Crippen LogP contribution in [-0.2, 0) is 29.1 Å². The zero-order valence-electron chi connectivity index (χ0n) is 32.0. The van der Waals surface area contributed by atoms with Gasteiger partial charge in [-0.2, -0.15) is 0 Å². The van der Waals surface area contributed by atoms with Crippen LogP contribution >= 0.6 is 0 Å². The molecule has 0 spiro atoms. The predicted octanol–water partition coefficient (Wildman–Crippen LogP) is 3.74. The van der Waals surface area contributed by atoms with Crippen LogP contribution in [0.25, 0.3) is 10.8 Å². The van der Waals surface area contributed by atoms with Crippen molar-refractivity contribution >= 4 is 44.6 Å². The Bertz CT molecular complexity index is 2000. The van der Waals surface area contributed by atoms with E-state index in [0.29, 0.717) is 55.8 Å². The number of fused-ring (bicyclic) bond motifs is 5. The minimum atomic E-state index is -3.90. The van der Waals surface area contributed by atoms with Crippen molar-refractivity contribution in [3.05, 3.63) is 36.5 Å². The summed E-state index contributed by atoms with van der Waals surface area (Å²) in [5, 5.41) is 6.45. The lowest BCUT2D eigenvalue weighted by Gasteiger charge is -2.33. The van der Waals surface area contributed by atoms with Gasteiger partial charge in [-0.3, -0.25) is 19.1 Å². The Labute approximate surface area is 321 Å². The van der Waals surface area contributed by atoms with E-state index in [2.05, 4.69) is 27.3 Å². The zero-order valence-corrected chi connectivity index (χ0v) is 32.8. The number of hydrogen-bond donors (Lipinski definition) is 3. The number of aromatic nitrogens is 1. The highest BCUT2D eigenvalue weighted by atomic mass is 32.2. The van der Waals surface area contributed by atoms with Crippen LogP contribution in [-0.4, -0.2) is 96.5 Å². The van der Waals surface area contributed by atoms with Crippen molar-refractivity contribution < 1.29 is 46.5 Å². The molecule has 0 bridgehead atoms. The Kier molecular flexibility index (Phi) is 10.4. The Hall–Kier alpha value is -4.60. The van der Waals surface area contributed by atoms with Crippen molar-refractivity contribution in [2.75, 3.05) is 19.8 Å². The van der Waals surface area contributed by atoms with E-state index in [4.69, 9.17) is 18.9 Å². The van der Waals surface area contributed by atoms with Gasteiger partial charge in [-0.15, -0.1) is 0 Å². The molecule has 1 aromatic heterocycles. The third-order valence-electron chi connectivity index (χ3n) is 11.0. The lowest BCUT2D eigenvalue weighted by molar-refractivity contribution is -0.142. The first-order chi connectivity index (χ1) is 26.0. The largest absolute Gasteiger partial charge is 0.486 e. The van der Waals surface area contributed by atoms with Gasteiger partial charge in [-0.25, -0.2) is 18.2 Å². The zero-order chi connectivity index (χ0) is 39.3. The first-order valence-electron chi connectivity index (χ1n) is 19.2. The summed E-state index contributed by atoms with van der Waals surface area (Å²) in [5.41, 5.74) is -2.34. The third-order valence-corrected chi connectivity index (χ3v) is 12.8. The van der Waals surface area contributed by atoms with E-state index in [1.165, 1.54) is 4.90 Å². The van der Waals surface area contributed by atoms with Crippen LogP contribution in [0.2, 0.25) is 0 Å². The molecule has 2 saturated carbocycles. The summed E-state index contributed by atoms with van der Waals surface area (Å²) in [7, 11) is -3.90. The first kappa shape index (κ1) is 38.7. The number of ether oxygens (including phenoxy) is 4. The second-order valence-electron chi connectivity index (χ2n) is 16.7. The number of rotatable bonds is 6. The predicted molar refractivity (Wildman–Crippen MR) is 201 cm³/mol. The van der Waals surface area contributed by atoms with Gasteiger partial charge in [0.05, 0.1) is 11.8 Å². The minimum absolute atomic E-state index is 0.0305. The fourth-order valence-corrected chi connectivity index (χ4v) is 9.29. The third kappa shape index (κ3) is 8.33. The van der Waals surface area contributed by atoms with Gasteiger partial charge in [0.1, 0.15) is 42.5 Å². The van der Waals surface area contributed by atoms with E-state index >= 15 is 0 Å². The summed E-state index contributed by atoms with van der Waals surface area (Å²) in [6.07, 6.45) is 7.13. The second-order valence-corrected chi connectivity index (χ2v) is 18.6. The maximum absolute atomic E-state index is 14.8. The van der Waals surface area contributed by atoms with Gasteiger partial charge in [0, 0.05) is 29.3 Å². The summed E-state index contributed by atoms with van der Waals surface area (Å²) in [4.78, 5) is 62.1. The van der Waals surface area contributed by atoms with Crippen LogP contribution in [0.5, 0.6) is 17.4 Å².